The van der Waals surface area contributed by atoms with E-state index in [-0.39, 0.29) is 5.92 Å². The molecule has 0 saturated heterocycles. The van der Waals surface area contributed by atoms with E-state index < -0.39 is 0 Å². The summed E-state index contributed by atoms with van der Waals surface area (Å²) in [6.07, 6.45) is 0.897. The van der Waals surface area contributed by atoms with E-state index >= 15 is 0 Å². The van der Waals surface area contributed by atoms with Crippen LogP contribution in [0.1, 0.15) is 13.3 Å². The molecule has 1 aromatic carbocycles. The molecule has 1 atom stereocenters. The highest BCUT2D eigenvalue weighted by atomic mass is 35.5. The second kappa shape index (κ2) is 5.95. The first kappa shape index (κ1) is 11.4. The van der Waals surface area contributed by atoms with Crippen molar-refractivity contribution in [3.05, 3.63) is 29.3 Å². The first-order valence-corrected chi connectivity index (χ1v) is 5.91. The van der Waals surface area contributed by atoms with Gasteiger partial charge in [0.25, 0.3) is 0 Å². The Kier molecular flexibility index (Phi) is 4.86. The summed E-state index contributed by atoms with van der Waals surface area (Å²) < 4.78 is 0. The molecule has 0 aliphatic rings. The molecule has 0 N–H and O–H groups in total. The molecule has 1 rings (SSSR count). The minimum atomic E-state index is 0.122. The van der Waals surface area contributed by atoms with E-state index in [1.165, 1.54) is 0 Å². The molecule has 1 aromatic rings. The fourth-order valence-electron chi connectivity index (χ4n) is 0.999. The normalized spacial score (nSPS) is 12.1. The van der Waals surface area contributed by atoms with Crippen LogP contribution < -0.4 is 0 Å². The molecule has 0 fully saturated rings. The van der Waals surface area contributed by atoms with Gasteiger partial charge in [0.05, 0.1) is 17.0 Å². The molecule has 1 nitrogen and oxygen atoms in total. The Labute approximate surface area is 94.1 Å². The third-order valence-electron chi connectivity index (χ3n) is 1.95. The van der Waals surface area contributed by atoms with Crippen LogP contribution in [0.25, 0.3) is 0 Å². The van der Waals surface area contributed by atoms with Crippen LogP contribution in [0.4, 0.5) is 0 Å². The molecule has 14 heavy (non-hydrogen) atoms. The summed E-state index contributed by atoms with van der Waals surface area (Å²) in [6.45, 7) is 2.03. The van der Waals surface area contributed by atoms with Gasteiger partial charge in [0.1, 0.15) is 0 Å². The second-order valence-corrected chi connectivity index (χ2v) is 4.44. The lowest BCUT2D eigenvalue weighted by molar-refractivity contribution is 0.724. The van der Waals surface area contributed by atoms with Gasteiger partial charge in [-0.2, -0.15) is 5.26 Å². The highest BCUT2D eigenvalue weighted by Crippen LogP contribution is 2.28. The van der Waals surface area contributed by atoms with E-state index in [1.807, 2.05) is 31.2 Å². The summed E-state index contributed by atoms with van der Waals surface area (Å²) in [5.74, 6) is 0.938. The number of hydrogen-bond acceptors (Lipinski definition) is 2. The van der Waals surface area contributed by atoms with Crippen molar-refractivity contribution < 1.29 is 0 Å². The highest BCUT2D eigenvalue weighted by molar-refractivity contribution is 7.99. The lowest BCUT2D eigenvalue weighted by Gasteiger charge is -2.06. The number of rotatable bonds is 4. The van der Waals surface area contributed by atoms with E-state index in [4.69, 9.17) is 16.9 Å². The van der Waals surface area contributed by atoms with Crippen molar-refractivity contribution in [1.29, 1.82) is 5.26 Å². The summed E-state index contributed by atoms with van der Waals surface area (Å²) in [5.41, 5.74) is 0. The summed E-state index contributed by atoms with van der Waals surface area (Å²) >= 11 is 7.64. The average Bonchev–Trinajstić information content (AvgIpc) is 2.22. The van der Waals surface area contributed by atoms with Crippen molar-refractivity contribution >= 4 is 23.4 Å². The fourth-order valence-corrected chi connectivity index (χ4v) is 2.37. The SMILES string of the molecule is CCC(C#N)CSc1ccccc1Cl. The van der Waals surface area contributed by atoms with Crippen LogP contribution in [0.2, 0.25) is 5.02 Å². The van der Waals surface area contributed by atoms with E-state index in [9.17, 15) is 0 Å². The van der Waals surface area contributed by atoms with Gasteiger partial charge in [-0.25, -0.2) is 0 Å². The third-order valence-corrected chi connectivity index (χ3v) is 3.63. The Hall–Kier alpha value is -0.650. The molecule has 0 saturated carbocycles. The van der Waals surface area contributed by atoms with Crippen molar-refractivity contribution in [1.82, 2.24) is 0 Å². The van der Waals surface area contributed by atoms with Crippen LogP contribution in [0.5, 0.6) is 0 Å². The van der Waals surface area contributed by atoms with Crippen molar-refractivity contribution in [2.24, 2.45) is 5.92 Å². The minimum absolute atomic E-state index is 0.122. The van der Waals surface area contributed by atoms with Gasteiger partial charge < -0.3 is 0 Å². The molecule has 0 aliphatic heterocycles. The van der Waals surface area contributed by atoms with Crippen molar-refractivity contribution in [2.45, 2.75) is 18.2 Å². The number of nitriles is 1. The van der Waals surface area contributed by atoms with E-state index in [0.29, 0.717) is 0 Å². The van der Waals surface area contributed by atoms with Crippen molar-refractivity contribution in [3.63, 3.8) is 0 Å². The molecule has 1 unspecified atom stereocenters. The molecule has 0 radical (unpaired) electrons. The molecule has 3 heteroatoms. The molecular weight excluding hydrogens is 214 g/mol. The van der Waals surface area contributed by atoms with Crippen LogP contribution in [0.15, 0.2) is 29.2 Å². The molecular formula is C11H12ClNS. The molecule has 0 aromatic heterocycles. The lowest BCUT2D eigenvalue weighted by Crippen LogP contribution is -1.97. The number of nitrogens with zero attached hydrogens (tertiary/aromatic N) is 1. The third kappa shape index (κ3) is 3.25. The monoisotopic (exact) mass is 225 g/mol. The van der Waals surface area contributed by atoms with Crippen LogP contribution in [-0.4, -0.2) is 5.75 Å². The van der Waals surface area contributed by atoms with Gasteiger partial charge in [-0.15, -0.1) is 11.8 Å². The topological polar surface area (TPSA) is 23.8 Å². The standard InChI is InChI=1S/C11H12ClNS/c1-2-9(7-13)8-14-11-6-4-3-5-10(11)12/h3-6,9H,2,8H2,1H3. The lowest BCUT2D eigenvalue weighted by atomic mass is 10.1. The Morgan fingerprint density at radius 1 is 1.50 bits per heavy atom. The molecule has 0 amide bonds. The number of hydrogen-bond donors (Lipinski definition) is 0. The zero-order chi connectivity index (χ0) is 10.4. The average molecular weight is 226 g/mol. The number of thioether (sulfide) groups is 1. The Morgan fingerprint density at radius 2 is 2.21 bits per heavy atom. The fraction of sp³-hybridized carbons (Fsp3) is 0.364. The first-order valence-electron chi connectivity index (χ1n) is 4.55. The van der Waals surface area contributed by atoms with Gasteiger partial charge in [-0.3, -0.25) is 0 Å². The van der Waals surface area contributed by atoms with E-state index in [1.54, 1.807) is 11.8 Å². The van der Waals surface area contributed by atoms with E-state index in [2.05, 4.69) is 6.07 Å². The Morgan fingerprint density at radius 3 is 2.79 bits per heavy atom. The number of halogens is 1. The van der Waals surface area contributed by atoms with Gasteiger partial charge in [0.2, 0.25) is 0 Å². The predicted molar refractivity (Wildman–Crippen MR) is 61.6 cm³/mol. The number of benzene rings is 1. The maximum atomic E-state index is 8.78. The van der Waals surface area contributed by atoms with Gasteiger partial charge in [-0.1, -0.05) is 30.7 Å². The molecule has 74 valence electrons. The van der Waals surface area contributed by atoms with Crippen molar-refractivity contribution in [2.75, 3.05) is 5.75 Å². The quantitative estimate of drug-likeness (QED) is 0.724. The largest absolute Gasteiger partial charge is 0.198 e. The molecule has 0 bridgehead atoms. The predicted octanol–water partition coefficient (Wildman–Crippen LogP) is 3.98. The van der Waals surface area contributed by atoms with E-state index in [0.717, 1.165) is 22.1 Å². The Balaban J connectivity index is 2.54. The summed E-state index contributed by atoms with van der Waals surface area (Å²) in [5, 5.41) is 9.55. The maximum absolute atomic E-state index is 8.78. The molecule has 0 spiro atoms. The van der Waals surface area contributed by atoms with Crippen LogP contribution in [0, 0.1) is 17.2 Å². The van der Waals surface area contributed by atoms with Gasteiger partial charge in [-0.05, 0) is 18.6 Å². The second-order valence-electron chi connectivity index (χ2n) is 2.98. The zero-order valence-electron chi connectivity index (χ0n) is 8.03. The minimum Gasteiger partial charge on any atom is -0.198 e. The molecule has 0 aliphatic carbocycles. The summed E-state index contributed by atoms with van der Waals surface area (Å²) in [7, 11) is 0. The summed E-state index contributed by atoms with van der Waals surface area (Å²) in [6, 6.07) is 10.0. The van der Waals surface area contributed by atoms with Crippen LogP contribution in [-0.2, 0) is 0 Å². The van der Waals surface area contributed by atoms with Crippen LogP contribution >= 0.6 is 23.4 Å². The molecule has 0 heterocycles. The smallest absolute Gasteiger partial charge is 0.0664 e. The summed E-state index contributed by atoms with van der Waals surface area (Å²) in [4.78, 5) is 1.06. The van der Waals surface area contributed by atoms with Crippen molar-refractivity contribution in [3.8, 4) is 6.07 Å². The zero-order valence-corrected chi connectivity index (χ0v) is 9.61. The van der Waals surface area contributed by atoms with Gasteiger partial charge in [0, 0.05) is 10.6 Å². The highest BCUT2D eigenvalue weighted by Gasteiger charge is 2.06. The van der Waals surface area contributed by atoms with Gasteiger partial charge in [0.15, 0.2) is 0 Å². The first-order chi connectivity index (χ1) is 6.77. The maximum Gasteiger partial charge on any atom is 0.0664 e. The Bertz CT molecular complexity index is 332. The van der Waals surface area contributed by atoms with Gasteiger partial charge >= 0.3 is 0 Å². The van der Waals surface area contributed by atoms with Crippen LogP contribution in [0.3, 0.4) is 0 Å².